The van der Waals surface area contributed by atoms with Crippen molar-refractivity contribution >= 4 is 52.2 Å². The topological polar surface area (TPSA) is 58.2 Å². The molecule has 27 heavy (non-hydrogen) atoms. The van der Waals surface area contributed by atoms with Gasteiger partial charge in [0, 0.05) is 20.4 Å². The van der Waals surface area contributed by atoms with Gasteiger partial charge in [-0.2, -0.15) is 0 Å². The number of nitrogens with one attached hydrogen (secondary N) is 2. The summed E-state index contributed by atoms with van der Waals surface area (Å²) in [5.41, 5.74) is 2.15. The average Bonchev–Trinajstić information content (AvgIpc) is 3.20. The third-order valence-corrected chi connectivity index (χ3v) is 6.44. The second kappa shape index (κ2) is 7.76. The van der Waals surface area contributed by atoms with Crippen molar-refractivity contribution in [1.29, 1.82) is 0 Å². The molecule has 1 atom stereocenters. The predicted octanol–water partition coefficient (Wildman–Crippen LogP) is 4.97. The highest BCUT2D eigenvalue weighted by atomic mass is 35.5. The van der Waals surface area contributed by atoms with Crippen LogP contribution >= 0.6 is 34.7 Å². The van der Waals surface area contributed by atoms with Crippen molar-refractivity contribution in [2.75, 3.05) is 11.1 Å². The number of hydrogen-bond acceptors (Lipinski definition) is 4. The van der Waals surface area contributed by atoms with E-state index in [9.17, 15) is 9.59 Å². The number of hydrogen-bond donors (Lipinski definition) is 2. The van der Waals surface area contributed by atoms with E-state index in [0.717, 1.165) is 15.3 Å². The first kappa shape index (κ1) is 18.1. The summed E-state index contributed by atoms with van der Waals surface area (Å²) in [5.74, 6) is 0.147. The van der Waals surface area contributed by atoms with Gasteiger partial charge in [0.25, 0.3) is 5.91 Å². The van der Waals surface area contributed by atoms with Crippen molar-refractivity contribution in [3.63, 3.8) is 0 Å². The number of thiophene rings is 1. The Balaban J connectivity index is 1.61. The van der Waals surface area contributed by atoms with Crippen LogP contribution in [0.2, 0.25) is 5.02 Å². The Morgan fingerprint density at radius 3 is 2.70 bits per heavy atom. The molecule has 0 saturated carbocycles. The first-order valence-electron chi connectivity index (χ1n) is 8.26. The molecule has 0 fully saturated rings. The molecule has 0 radical (unpaired) electrons. The van der Waals surface area contributed by atoms with E-state index in [0.29, 0.717) is 22.0 Å². The molecular formula is C20H15ClN2O2S2. The Morgan fingerprint density at radius 1 is 1.15 bits per heavy atom. The molecule has 1 aliphatic heterocycles. The maximum absolute atomic E-state index is 12.9. The van der Waals surface area contributed by atoms with E-state index in [4.69, 9.17) is 11.6 Å². The highest BCUT2D eigenvalue weighted by molar-refractivity contribution is 8.00. The lowest BCUT2D eigenvalue weighted by atomic mass is 10.0. The van der Waals surface area contributed by atoms with Crippen LogP contribution in [-0.4, -0.2) is 17.6 Å². The number of fused-ring (bicyclic) bond motifs is 1. The van der Waals surface area contributed by atoms with Crippen LogP contribution in [-0.2, 0) is 4.79 Å². The number of amides is 2. The molecule has 0 spiro atoms. The van der Waals surface area contributed by atoms with Gasteiger partial charge in [0.2, 0.25) is 5.91 Å². The van der Waals surface area contributed by atoms with Crippen molar-refractivity contribution in [3.05, 3.63) is 81.0 Å². The lowest BCUT2D eigenvalue weighted by Gasteiger charge is -2.20. The van der Waals surface area contributed by atoms with Crippen LogP contribution < -0.4 is 10.6 Å². The standard InChI is InChI=1S/C20H15ClN2O2S2/c21-14-6-3-12(4-7-14)19(17-2-1-9-26-17)23-20(25)13-5-8-16-15(10-13)22-18(24)11-27-16/h1-10,19H,11H2,(H,22,24)(H,23,25). The molecule has 0 bridgehead atoms. The minimum absolute atomic E-state index is 0.0531. The molecular weight excluding hydrogens is 400 g/mol. The molecule has 0 aliphatic carbocycles. The average molecular weight is 415 g/mol. The fraction of sp³-hybridized carbons (Fsp3) is 0.100. The fourth-order valence-electron chi connectivity index (χ4n) is 2.87. The monoisotopic (exact) mass is 414 g/mol. The molecule has 1 aromatic heterocycles. The van der Waals surface area contributed by atoms with Crippen LogP contribution in [0.4, 0.5) is 5.69 Å². The third kappa shape index (κ3) is 4.03. The van der Waals surface area contributed by atoms with Gasteiger partial charge in [-0.25, -0.2) is 0 Å². The summed E-state index contributed by atoms with van der Waals surface area (Å²) in [4.78, 5) is 26.5. The third-order valence-electron chi connectivity index (χ3n) is 4.18. The molecule has 3 aromatic rings. The van der Waals surface area contributed by atoms with E-state index in [-0.39, 0.29) is 17.9 Å². The van der Waals surface area contributed by atoms with Crippen molar-refractivity contribution in [3.8, 4) is 0 Å². The molecule has 7 heteroatoms. The van der Waals surface area contributed by atoms with E-state index < -0.39 is 0 Å². The molecule has 136 valence electrons. The van der Waals surface area contributed by atoms with Gasteiger partial charge < -0.3 is 10.6 Å². The fourth-order valence-corrected chi connectivity index (χ4v) is 4.59. The molecule has 2 amide bonds. The zero-order chi connectivity index (χ0) is 18.8. The number of benzene rings is 2. The van der Waals surface area contributed by atoms with Gasteiger partial charge in [-0.1, -0.05) is 29.8 Å². The second-order valence-electron chi connectivity index (χ2n) is 6.02. The van der Waals surface area contributed by atoms with E-state index >= 15 is 0 Å². The van der Waals surface area contributed by atoms with Crippen molar-refractivity contribution in [2.24, 2.45) is 0 Å². The Morgan fingerprint density at radius 2 is 1.96 bits per heavy atom. The number of carbonyl (C=O) groups is 2. The van der Waals surface area contributed by atoms with Crippen LogP contribution in [0.1, 0.15) is 26.8 Å². The first-order valence-corrected chi connectivity index (χ1v) is 10.5. The highest BCUT2D eigenvalue weighted by Gasteiger charge is 2.21. The number of anilines is 1. The Labute approximate surface area is 169 Å². The second-order valence-corrected chi connectivity index (χ2v) is 8.45. The number of thioether (sulfide) groups is 1. The molecule has 0 saturated heterocycles. The van der Waals surface area contributed by atoms with Gasteiger partial charge in [-0.15, -0.1) is 23.1 Å². The SMILES string of the molecule is O=C1CSc2ccc(C(=O)NC(c3ccc(Cl)cc3)c3cccs3)cc2N1. The van der Waals surface area contributed by atoms with E-state index in [1.807, 2.05) is 47.8 Å². The van der Waals surface area contributed by atoms with E-state index in [1.54, 1.807) is 23.5 Å². The van der Waals surface area contributed by atoms with Gasteiger partial charge in [0.15, 0.2) is 0 Å². The Kier molecular flexibility index (Phi) is 5.20. The van der Waals surface area contributed by atoms with Gasteiger partial charge in [0.05, 0.1) is 17.5 Å². The lowest BCUT2D eigenvalue weighted by molar-refractivity contribution is -0.113. The normalized spacial score (nSPS) is 14.2. The van der Waals surface area contributed by atoms with Crippen molar-refractivity contribution < 1.29 is 9.59 Å². The van der Waals surface area contributed by atoms with Crippen LogP contribution in [0.5, 0.6) is 0 Å². The summed E-state index contributed by atoms with van der Waals surface area (Å²) in [6, 6.07) is 16.5. The molecule has 1 unspecified atom stereocenters. The quantitative estimate of drug-likeness (QED) is 0.634. The Hall–Kier alpha value is -2.28. The largest absolute Gasteiger partial charge is 0.340 e. The molecule has 4 nitrogen and oxygen atoms in total. The number of rotatable bonds is 4. The van der Waals surface area contributed by atoms with Gasteiger partial charge in [0.1, 0.15) is 0 Å². The molecule has 2 aromatic carbocycles. The van der Waals surface area contributed by atoms with E-state index in [1.165, 1.54) is 11.8 Å². The van der Waals surface area contributed by atoms with Crippen LogP contribution in [0.25, 0.3) is 0 Å². The highest BCUT2D eigenvalue weighted by Crippen LogP contribution is 2.32. The van der Waals surface area contributed by atoms with Crippen molar-refractivity contribution in [1.82, 2.24) is 5.32 Å². The zero-order valence-corrected chi connectivity index (χ0v) is 16.5. The maximum atomic E-state index is 12.9. The molecule has 2 heterocycles. The van der Waals surface area contributed by atoms with E-state index in [2.05, 4.69) is 10.6 Å². The summed E-state index contributed by atoms with van der Waals surface area (Å²) in [6.45, 7) is 0. The smallest absolute Gasteiger partial charge is 0.252 e. The predicted molar refractivity (Wildman–Crippen MR) is 111 cm³/mol. The molecule has 4 rings (SSSR count). The minimum Gasteiger partial charge on any atom is -0.340 e. The van der Waals surface area contributed by atoms with Crippen LogP contribution in [0.3, 0.4) is 0 Å². The number of carbonyl (C=O) groups excluding carboxylic acids is 2. The molecule has 1 aliphatic rings. The summed E-state index contributed by atoms with van der Waals surface area (Å²) in [6.07, 6.45) is 0. The van der Waals surface area contributed by atoms with Gasteiger partial charge in [-0.05, 0) is 47.3 Å². The molecule has 2 N–H and O–H groups in total. The van der Waals surface area contributed by atoms with Crippen LogP contribution in [0.15, 0.2) is 64.9 Å². The van der Waals surface area contributed by atoms with Gasteiger partial charge >= 0.3 is 0 Å². The maximum Gasteiger partial charge on any atom is 0.252 e. The number of halogens is 1. The van der Waals surface area contributed by atoms with Crippen LogP contribution in [0, 0.1) is 0 Å². The van der Waals surface area contributed by atoms with Crippen molar-refractivity contribution in [2.45, 2.75) is 10.9 Å². The summed E-state index contributed by atoms with van der Waals surface area (Å²) in [5, 5.41) is 8.55. The lowest BCUT2D eigenvalue weighted by Crippen LogP contribution is -2.29. The Bertz CT molecular complexity index is 988. The van der Waals surface area contributed by atoms with Gasteiger partial charge in [-0.3, -0.25) is 9.59 Å². The summed E-state index contributed by atoms with van der Waals surface area (Å²) >= 11 is 9.06. The summed E-state index contributed by atoms with van der Waals surface area (Å²) < 4.78 is 0. The first-order chi connectivity index (χ1) is 13.1. The summed E-state index contributed by atoms with van der Waals surface area (Å²) in [7, 11) is 0. The zero-order valence-electron chi connectivity index (χ0n) is 14.1. The minimum atomic E-state index is -0.269.